The number of carbonyl (C=O) groups is 1. The second kappa shape index (κ2) is 11.7. The van der Waals surface area contributed by atoms with Crippen molar-refractivity contribution in [3.05, 3.63) is 101 Å². The van der Waals surface area contributed by atoms with Crippen LogP contribution in [-0.4, -0.2) is 41.9 Å². The zero-order chi connectivity index (χ0) is 24.7. The van der Waals surface area contributed by atoms with E-state index >= 15 is 0 Å². The van der Waals surface area contributed by atoms with Crippen LogP contribution in [-0.2, 0) is 19.5 Å². The van der Waals surface area contributed by atoms with Crippen LogP contribution in [0.25, 0.3) is 0 Å². The number of benzene rings is 3. The van der Waals surface area contributed by atoms with Crippen LogP contribution >= 0.6 is 0 Å². The van der Waals surface area contributed by atoms with E-state index in [0.29, 0.717) is 12.1 Å². The minimum Gasteiger partial charge on any atom is -0.493 e. The summed E-state index contributed by atoms with van der Waals surface area (Å²) in [5, 5.41) is 0. The third kappa shape index (κ3) is 6.17. The SMILES string of the molecule is CN(Cc1ccccc1)C(=O)c1ccc2c(c1)Cc1cccc(c1)CN(C1CCC1)CCCCCO2. The Morgan fingerprint density at radius 2 is 1.75 bits per heavy atom. The normalized spacial score (nSPS) is 17.2. The lowest BCUT2D eigenvalue weighted by molar-refractivity contribution is 0.0785. The molecule has 0 spiro atoms. The minimum atomic E-state index is 0.0333. The maximum Gasteiger partial charge on any atom is 0.253 e. The van der Waals surface area contributed by atoms with Crippen LogP contribution in [0.1, 0.15) is 71.1 Å². The third-order valence-corrected chi connectivity index (χ3v) is 7.63. The summed E-state index contributed by atoms with van der Waals surface area (Å²) < 4.78 is 6.26. The molecule has 1 aliphatic carbocycles. The lowest BCUT2D eigenvalue weighted by atomic mass is 9.90. The first-order chi connectivity index (χ1) is 17.7. The summed E-state index contributed by atoms with van der Waals surface area (Å²) in [5.74, 6) is 0.932. The molecule has 1 aliphatic heterocycles. The van der Waals surface area contributed by atoms with Gasteiger partial charge in [0, 0.05) is 38.2 Å². The molecule has 4 heteroatoms. The highest BCUT2D eigenvalue weighted by molar-refractivity contribution is 5.94. The molecule has 0 radical (unpaired) electrons. The Kier molecular flexibility index (Phi) is 8.02. The predicted molar refractivity (Wildman–Crippen MR) is 145 cm³/mol. The molecule has 3 aromatic rings. The van der Waals surface area contributed by atoms with E-state index in [1.807, 2.05) is 43.4 Å². The van der Waals surface area contributed by atoms with Crippen molar-refractivity contribution in [2.45, 2.75) is 64.1 Å². The van der Waals surface area contributed by atoms with E-state index < -0.39 is 0 Å². The number of carbonyl (C=O) groups excluding carboxylic acids is 1. The van der Waals surface area contributed by atoms with Gasteiger partial charge in [-0.25, -0.2) is 0 Å². The van der Waals surface area contributed by atoms with E-state index in [2.05, 4.69) is 41.3 Å². The standard InChI is InChI=1S/C32H38N2O2/c1-33(23-25-10-4-2-5-11-25)32(35)28-16-17-31-29(22-28)21-26-12-8-13-27(20-26)24-34(30-14-9-15-30)18-6-3-7-19-36-31/h2,4-5,8,10-13,16-17,20,22,30H,3,6-7,9,14-15,18-19,21,23-24H2,1H3. The van der Waals surface area contributed by atoms with Crippen molar-refractivity contribution in [3.8, 4) is 5.75 Å². The minimum absolute atomic E-state index is 0.0333. The van der Waals surface area contributed by atoms with Crippen LogP contribution in [0.4, 0.5) is 0 Å². The smallest absolute Gasteiger partial charge is 0.253 e. The van der Waals surface area contributed by atoms with Crippen LogP contribution in [0.2, 0.25) is 0 Å². The third-order valence-electron chi connectivity index (χ3n) is 7.63. The van der Waals surface area contributed by atoms with Gasteiger partial charge in [0.2, 0.25) is 0 Å². The van der Waals surface area contributed by atoms with Crippen LogP contribution in [0.3, 0.4) is 0 Å². The summed E-state index contributed by atoms with van der Waals surface area (Å²) in [6.45, 7) is 3.52. The fourth-order valence-corrected chi connectivity index (χ4v) is 5.35. The number of nitrogens with zero attached hydrogens (tertiary/aromatic N) is 2. The summed E-state index contributed by atoms with van der Waals surface area (Å²) in [6, 6.07) is 25.8. The molecule has 0 aromatic heterocycles. The molecule has 0 atom stereocenters. The second-order valence-electron chi connectivity index (χ2n) is 10.4. The highest BCUT2D eigenvalue weighted by Crippen LogP contribution is 2.29. The van der Waals surface area contributed by atoms with E-state index in [1.54, 1.807) is 4.90 Å². The zero-order valence-electron chi connectivity index (χ0n) is 21.5. The molecular weight excluding hydrogens is 444 g/mol. The molecule has 0 N–H and O–H groups in total. The summed E-state index contributed by atoms with van der Waals surface area (Å²) >= 11 is 0. The maximum atomic E-state index is 13.3. The summed E-state index contributed by atoms with van der Waals surface area (Å²) in [4.78, 5) is 17.8. The van der Waals surface area contributed by atoms with Gasteiger partial charge in [0.25, 0.3) is 5.91 Å². The first kappa shape index (κ1) is 24.6. The summed E-state index contributed by atoms with van der Waals surface area (Å²) in [6.07, 6.45) is 8.26. The molecule has 1 amide bonds. The van der Waals surface area contributed by atoms with Crippen molar-refractivity contribution in [2.24, 2.45) is 0 Å². The molecule has 0 saturated heterocycles. The molecule has 2 aliphatic rings. The van der Waals surface area contributed by atoms with Gasteiger partial charge in [-0.05, 0) is 79.1 Å². The molecule has 2 bridgehead atoms. The van der Waals surface area contributed by atoms with Gasteiger partial charge in [-0.3, -0.25) is 9.69 Å². The van der Waals surface area contributed by atoms with Crippen molar-refractivity contribution in [1.82, 2.24) is 9.80 Å². The molecular formula is C32H38N2O2. The molecule has 36 heavy (non-hydrogen) atoms. The Labute approximate surface area is 215 Å². The lowest BCUT2D eigenvalue weighted by Crippen LogP contribution is -2.40. The van der Waals surface area contributed by atoms with E-state index in [1.165, 1.54) is 49.8 Å². The number of ether oxygens (including phenoxy) is 1. The zero-order valence-corrected chi connectivity index (χ0v) is 21.5. The Bertz CT molecular complexity index is 1160. The van der Waals surface area contributed by atoms with Gasteiger partial charge in [-0.1, -0.05) is 61.0 Å². The van der Waals surface area contributed by atoms with Gasteiger partial charge in [0.1, 0.15) is 5.75 Å². The van der Waals surface area contributed by atoms with Gasteiger partial charge >= 0.3 is 0 Å². The molecule has 3 aromatic carbocycles. The van der Waals surface area contributed by atoms with Gasteiger partial charge in [-0.15, -0.1) is 0 Å². The quantitative estimate of drug-likeness (QED) is 0.427. The van der Waals surface area contributed by atoms with E-state index in [-0.39, 0.29) is 5.91 Å². The fraction of sp³-hybridized carbons (Fsp3) is 0.406. The second-order valence-corrected chi connectivity index (χ2v) is 10.4. The molecule has 4 nitrogen and oxygen atoms in total. The molecule has 1 heterocycles. The highest BCUT2D eigenvalue weighted by atomic mass is 16.5. The van der Waals surface area contributed by atoms with Gasteiger partial charge in [0.05, 0.1) is 6.61 Å². The number of hydrogen-bond donors (Lipinski definition) is 0. The van der Waals surface area contributed by atoms with Crippen molar-refractivity contribution in [1.29, 1.82) is 0 Å². The van der Waals surface area contributed by atoms with Crippen molar-refractivity contribution >= 4 is 5.91 Å². The Morgan fingerprint density at radius 3 is 2.56 bits per heavy atom. The molecule has 0 unspecified atom stereocenters. The van der Waals surface area contributed by atoms with E-state index in [9.17, 15) is 4.79 Å². The Morgan fingerprint density at radius 1 is 0.917 bits per heavy atom. The highest BCUT2D eigenvalue weighted by Gasteiger charge is 2.24. The van der Waals surface area contributed by atoms with Crippen molar-refractivity contribution in [2.75, 3.05) is 20.2 Å². The Balaban J connectivity index is 1.38. The van der Waals surface area contributed by atoms with Gasteiger partial charge < -0.3 is 9.64 Å². The monoisotopic (exact) mass is 482 g/mol. The molecule has 1 fully saturated rings. The van der Waals surface area contributed by atoms with E-state index in [0.717, 1.165) is 48.9 Å². The predicted octanol–water partition coefficient (Wildman–Crippen LogP) is 6.47. The van der Waals surface area contributed by atoms with Crippen molar-refractivity contribution < 1.29 is 9.53 Å². The fourth-order valence-electron chi connectivity index (χ4n) is 5.35. The average molecular weight is 483 g/mol. The largest absolute Gasteiger partial charge is 0.493 e. The van der Waals surface area contributed by atoms with Crippen molar-refractivity contribution in [3.63, 3.8) is 0 Å². The van der Waals surface area contributed by atoms with Gasteiger partial charge in [-0.2, -0.15) is 0 Å². The summed E-state index contributed by atoms with van der Waals surface area (Å²) in [5.41, 5.74) is 5.57. The number of amides is 1. The average Bonchev–Trinajstić information content (AvgIpc) is 2.85. The van der Waals surface area contributed by atoms with E-state index in [4.69, 9.17) is 4.74 Å². The van der Waals surface area contributed by atoms with Gasteiger partial charge in [0.15, 0.2) is 0 Å². The van der Waals surface area contributed by atoms with Crippen LogP contribution in [0, 0.1) is 0 Å². The first-order valence-corrected chi connectivity index (χ1v) is 13.5. The number of fused-ring (bicyclic) bond motifs is 3. The number of hydrogen-bond acceptors (Lipinski definition) is 3. The first-order valence-electron chi connectivity index (χ1n) is 13.5. The maximum absolute atomic E-state index is 13.3. The van der Waals surface area contributed by atoms with Crippen LogP contribution in [0.15, 0.2) is 72.8 Å². The summed E-state index contributed by atoms with van der Waals surface area (Å²) in [7, 11) is 1.87. The molecule has 1 saturated carbocycles. The molecule has 5 rings (SSSR count). The number of rotatable bonds is 4. The van der Waals surface area contributed by atoms with Crippen LogP contribution < -0.4 is 4.74 Å². The van der Waals surface area contributed by atoms with Crippen LogP contribution in [0.5, 0.6) is 5.75 Å². The lowest BCUT2D eigenvalue weighted by Gasteiger charge is -2.38. The Hall–Kier alpha value is -3.11. The topological polar surface area (TPSA) is 32.8 Å². The molecule has 188 valence electrons.